The van der Waals surface area contributed by atoms with Crippen LogP contribution in [0.3, 0.4) is 0 Å². The smallest absolute Gasteiger partial charge is 0.163 e. The molecule has 0 aliphatic rings. The van der Waals surface area contributed by atoms with Crippen molar-refractivity contribution in [2.45, 2.75) is 78.6 Å². The van der Waals surface area contributed by atoms with Crippen molar-refractivity contribution in [3.63, 3.8) is 0 Å². The summed E-state index contributed by atoms with van der Waals surface area (Å²) in [4.78, 5) is 29.7. The third-order valence-electron chi connectivity index (χ3n) is 8.57. The number of anilines is 1. The lowest BCUT2D eigenvalue weighted by atomic mass is 9.91. The molecule has 2 aromatic carbocycles. The number of hydrogen-bond acceptors (Lipinski definition) is 8. The van der Waals surface area contributed by atoms with Gasteiger partial charge in [-0.2, -0.15) is 0 Å². The first-order valence-corrected chi connectivity index (χ1v) is 16.6. The number of aromatic nitrogens is 1. The first-order valence-electron chi connectivity index (χ1n) is 16.6. The highest BCUT2D eigenvalue weighted by Crippen LogP contribution is 2.32. The van der Waals surface area contributed by atoms with Crippen LogP contribution in [0.2, 0.25) is 0 Å². The van der Waals surface area contributed by atoms with Crippen LogP contribution in [0, 0.1) is 19.8 Å². The Kier molecular flexibility index (Phi) is 15.1. The monoisotopic (exact) mass is 643 g/mol. The van der Waals surface area contributed by atoms with Crippen LogP contribution in [0.1, 0.15) is 90.0 Å². The molecule has 4 N–H and O–H groups in total. The number of phenolic OH excluding ortho intramolecular Hbond substituents is 1. The Morgan fingerprint density at radius 2 is 1.81 bits per heavy atom. The third kappa shape index (κ3) is 11.9. The van der Waals surface area contributed by atoms with Crippen LogP contribution in [0.4, 0.5) is 5.82 Å². The summed E-state index contributed by atoms with van der Waals surface area (Å²) in [6.07, 6.45) is 11.1. The normalized spacial score (nSPS) is 12.0. The maximum Gasteiger partial charge on any atom is 0.163 e. The number of carbonyl (C=O) groups excluding carboxylic acids is 2. The van der Waals surface area contributed by atoms with Gasteiger partial charge in [0, 0.05) is 26.1 Å². The molecule has 3 rings (SSSR count). The van der Waals surface area contributed by atoms with Crippen molar-refractivity contribution in [3.8, 4) is 11.5 Å². The standard InChI is InChI=1S/C39H53N3O5/c1-26(24-41-4)10-8-7-9-11-34(43)23-35(44)13-12-30-22-38(47-6)37(45)21-31(30)18-29-19-33(39(40)42-25-29)20-32-17-27(2)16-28(3)36(32)14-15-46-5/h12-13,16-17,19,21-22,25-26,41,45H,7-11,14-15,18,20,23-24H2,1-6H3,(H2,40,42)/b13-12+/t26-/m1/s1. The van der Waals surface area contributed by atoms with Gasteiger partial charge in [0.15, 0.2) is 17.3 Å². The highest BCUT2D eigenvalue weighted by molar-refractivity contribution is 6.06. The van der Waals surface area contributed by atoms with Gasteiger partial charge in [0.2, 0.25) is 0 Å². The van der Waals surface area contributed by atoms with Crippen molar-refractivity contribution in [2.24, 2.45) is 5.92 Å². The first-order chi connectivity index (χ1) is 22.5. The number of Topliss-reactive ketones (excluding diaryl/α,β-unsaturated/α-hetero) is 1. The molecule has 0 amide bonds. The molecule has 1 heterocycles. The summed E-state index contributed by atoms with van der Waals surface area (Å²) >= 11 is 0. The molecular weight excluding hydrogens is 590 g/mol. The average molecular weight is 644 g/mol. The summed E-state index contributed by atoms with van der Waals surface area (Å²) in [6.45, 7) is 8.07. The molecule has 1 aromatic heterocycles. The van der Waals surface area contributed by atoms with Gasteiger partial charge in [-0.25, -0.2) is 4.98 Å². The van der Waals surface area contributed by atoms with E-state index >= 15 is 0 Å². The zero-order chi connectivity index (χ0) is 34.3. The number of aromatic hydroxyl groups is 1. The number of rotatable bonds is 20. The number of nitrogen functional groups attached to an aromatic ring is 1. The molecule has 0 unspecified atom stereocenters. The molecule has 8 heteroatoms. The van der Waals surface area contributed by atoms with E-state index in [9.17, 15) is 14.7 Å². The van der Waals surface area contributed by atoms with E-state index in [-0.39, 0.29) is 23.7 Å². The summed E-state index contributed by atoms with van der Waals surface area (Å²) in [6, 6.07) is 9.79. The average Bonchev–Trinajstić information content (AvgIpc) is 3.01. The molecule has 0 saturated heterocycles. The summed E-state index contributed by atoms with van der Waals surface area (Å²) < 4.78 is 10.7. The Morgan fingerprint density at radius 3 is 2.53 bits per heavy atom. The number of unbranched alkanes of at least 4 members (excludes halogenated alkanes) is 2. The molecule has 3 aromatic rings. The molecule has 8 nitrogen and oxygen atoms in total. The third-order valence-corrected chi connectivity index (χ3v) is 8.57. The highest BCUT2D eigenvalue weighted by atomic mass is 16.5. The Balaban J connectivity index is 1.74. The molecule has 1 atom stereocenters. The van der Waals surface area contributed by atoms with Crippen molar-refractivity contribution in [2.75, 3.05) is 40.2 Å². The number of ether oxygens (including phenoxy) is 2. The van der Waals surface area contributed by atoms with Crippen LogP contribution in [0.25, 0.3) is 6.08 Å². The predicted molar refractivity (Wildman–Crippen MR) is 190 cm³/mol. The Bertz CT molecular complexity index is 1530. The molecule has 0 bridgehead atoms. The Labute approximate surface area is 280 Å². The number of phenols is 1. The number of pyridine rings is 1. The first kappa shape index (κ1) is 37.4. The maximum absolute atomic E-state index is 12.7. The fourth-order valence-corrected chi connectivity index (χ4v) is 6.10. The van der Waals surface area contributed by atoms with Crippen molar-refractivity contribution >= 4 is 23.5 Å². The van der Waals surface area contributed by atoms with Gasteiger partial charge in [-0.3, -0.25) is 9.59 Å². The Morgan fingerprint density at radius 1 is 1.02 bits per heavy atom. The zero-order valence-electron chi connectivity index (χ0n) is 29.1. The van der Waals surface area contributed by atoms with Crippen LogP contribution < -0.4 is 15.8 Å². The second-order valence-electron chi connectivity index (χ2n) is 12.7. The van der Waals surface area contributed by atoms with Gasteiger partial charge in [0.25, 0.3) is 0 Å². The molecular formula is C39H53N3O5. The lowest BCUT2D eigenvalue weighted by Gasteiger charge is -2.16. The van der Waals surface area contributed by atoms with Gasteiger partial charge in [-0.15, -0.1) is 0 Å². The number of carbonyl (C=O) groups is 2. The topological polar surface area (TPSA) is 124 Å². The van der Waals surface area contributed by atoms with Gasteiger partial charge in [0.1, 0.15) is 11.6 Å². The van der Waals surface area contributed by atoms with Gasteiger partial charge in [-0.1, -0.05) is 43.5 Å². The van der Waals surface area contributed by atoms with Gasteiger partial charge >= 0.3 is 0 Å². The molecule has 0 aliphatic carbocycles. The fourth-order valence-electron chi connectivity index (χ4n) is 6.10. The highest BCUT2D eigenvalue weighted by Gasteiger charge is 2.15. The number of benzene rings is 2. The van der Waals surface area contributed by atoms with Crippen LogP contribution in [-0.2, 0) is 33.6 Å². The molecule has 0 saturated carbocycles. The van der Waals surface area contributed by atoms with E-state index in [1.165, 1.54) is 35.4 Å². The number of nitrogens with zero attached hydrogens (tertiary/aromatic N) is 1. The SMILES string of the molecule is CNC[C@H](C)CCCCCC(=O)CC(=O)/C=C/c1cc(OC)c(O)cc1Cc1cnc(N)c(Cc2cc(C)cc(C)c2CCOC)c1. The number of aryl methyl sites for hydroxylation is 2. The van der Waals surface area contributed by atoms with Crippen molar-refractivity contribution in [3.05, 3.63) is 87.1 Å². The number of allylic oxidation sites excluding steroid dienone is 1. The molecule has 0 aliphatic heterocycles. The summed E-state index contributed by atoms with van der Waals surface area (Å²) in [5, 5.41) is 13.8. The molecule has 47 heavy (non-hydrogen) atoms. The summed E-state index contributed by atoms with van der Waals surface area (Å²) in [5.41, 5.74) is 14.6. The quantitative estimate of drug-likeness (QED) is 0.0705. The molecule has 0 spiro atoms. The van der Waals surface area contributed by atoms with Crippen molar-refractivity contribution in [1.82, 2.24) is 10.3 Å². The van der Waals surface area contributed by atoms with E-state index in [1.54, 1.807) is 31.5 Å². The van der Waals surface area contributed by atoms with E-state index < -0.39 is 0 Å². The second kappa shape index (κ2) is 19.0. The van der Waals surface area contributed by atoms with E-state index in [0.717, 1.165) is 55.3 Å². The molecule has 0 fully saturated rings. The lowest BCUT2D eigenvalue weighted by molar-refractivity contribution is -0.124. The van der Waals surface area contributed by atoms with Crippen LogP contribution in [0.5, 0.6) is 11.5 Å². The van der Waals surface area contributed by atoms with Gasteiger partial charge in [-0.05, 0) is 122 Å². The minimum atomic E-state index is -0.246. The van der Waals surface area contributed by atoms with Crippen molar-refractivity contribution in [1.29, 1.82) is 0 Å². The number of ketones is 2. The number of nitrogens with two attached hydrogens (primary N) is 1. The second-order valence-corrected chi connectivity index (χ2v) is 12.7. The van der Waals surface area contributed by atoms with Crippen LogP contribution in [-0.4, -0.2) is 56.1 Å². The van der Waals surface area contributed by atoms with Crippen LogP contribution >= 0.6 is 0 Å². The van der Waals surface area contributed by atoms with Crippen molar-refractivity contribution < 1.29 is 24.2 Å². The Hall–Kier alpha value is -4.01. The lowest BCUT2D eigenvalue weighted by Crippen LogP contribution is -2.15. The minimum Gasteiger partial charge on any atom is -0.504 e. The van der Waals surface area contributed by atoms with E-state index in [0.29, 0.717) is 48.9 Å². The summed E-state index contributed by atoms with van der Waals surface area (Å²) in [5.74, 6) is 1.11. The van der Waals surface area contributed by atoms with Crippen LogP contribution in [0.15, 0.2) is 42.6 Å². The zero-order valence-corrected chi connectivity index (χ0v) is 29.1. The summed E-state index contributed by atoms with van der Waals surface area (Å²) in [7, 11) is 5.15. The number of nitrogens with one attached hydrogen (secondary N) is 1. The van der Waals surface area contributed by atoms with E-state index in [2.05, 4.69) is 49.3 Å². The largest absolute Gasteiger partial charge is 0.504 e. The van der Waals surface area contributed by atoms with Gasteiger partial charge in [0.05, 0.1) is 20.1 Å². The fraction of sp³-hybridized carbons (Fsp3) is 0.462. The maximum atomic E-state index is 12.7. The molecule has 0 radical (unpaired) electrons. The predicted octanol–water partition coefficient (Wildman–Crippen LogP) is 6.71. The molecule has 254 valence electrons. The van der Waals surface area contributed by atoms with E-state index in [1.807, 2.05) is 7.05 Å². The number of methoxy groups -OCH3 is 2. The minimum absolute atomic E-state index is 0.00292. The number of hydrogen-bond donors (Lipinski definition) is 3. The van der Waals surface area contributed by atoms with Gasteiger partial charge < -0.3 is 25.6 Å². The van der Waals surface area contributed by atoms with E-state index in [4.69, 9.17) is 15.2 Å².